The Balaban J connectivity index is 2.25. The van der Waals surface area contributed by atoms with Gasteiger partial charge in [-0.1, -0.05) is 48.0 Å². The Morgan fingerprint density at radius 3 is 2.62 bits per heavy atom. The van der Waals surface area contributed by atoms with Crippen LogP contribution in [0.1, 0.15) is 30.8 Å². The molecule has 21 heavy (non-hydrogen) atoms. The van der Waals surface area contributed by atoms with Crippen LogP contribution in [-0.4, -0.2) is 14.8 Å². The number of hydrogen-bond donors (Lipinski definition) is 0. The number of benzene rings is 1. The molecule has 3 rings (SSSR count). The Morgan fingerprint density at radius 1 is 1.10 bits per heavy atom. The second-order valence-corrected chi connectivity index (χ2v) is 5.60. The van der Waals surface area contributed by atoms with Gasteiger partial charge in [-0.3, -0.25) is 0 Å². The number of hydrogen-bond acceptors (Lipinski definition) is 2. The van der Waals surface area contributed by atoms with Crippen molar-refractivity contribution in [2.24, 2.45) is 0 Å². The monoisotopic (exact) mass is 343 g/mol. The predicted molar refractivity (Wildman–Crippen MR) is 90.3 cm³/mol. The summed E-state index contributed by atoms with van der Waals surface area (Å²) in [6.07, 6.45) is 1.89. The van der Waals surface area contributed by atoms with E-state index in [0.717, 1.165) is 46.1 Å². The van der Waals surface area contributed by atoms with E-state index in [0.29, 0.717) is 0 Å². The average Bonchev–Trinajstić information content (AvgIpc) is 2.96. The van der Waals surface area contributed by atoms with E-state index in [2.05, 4.69) is 48.0 Å². The lowest BCUT2D eigenvalue weighted by atomic mass is 10.1. The average molecular weight is 344 g/mol. The Labute approximate surface area is 133 Å². The van der Waals surface area contributed by atoms with Crippen LogP contribution in [0.25, 0.3) is 16.7 Å². The van der Waals surface area contributed by atoms with Crippen molar-refractivity contribution in [2.45, 2.75) is 32.0 Å². The van der Waals surface area contributed by atoms with Crippen LogP contribution in [0.2, 0.25) is 0 Å². The number of aryl methyl sites for hydroxylation is 2. The highest BCUT2D eigenvalue weighted by atomic mass is 79.9. The fraction of sp³-hybridized carbons (Fsp3) is 0.294. The molecule has 0 radical (unpaired) electrons. The molecule has 0 saturated heterocycles. The van der Waals surface area contributed by atoms with Gasteiger partial charge < -0.3 is 0 Å². The van der Waals surface area contributed by atoms with Gasteiger partial charge in [0.2, 0.25) is 0 Å². The summed E-state index contributed by atoms with van der Waals surface area (Å²) in [4.78, 5) is 4.84. The van der Waals surface area contributed by atoms with Gasteiger partial charge in [0.25, 0.3) is 0 Å². The molecule has 0 atom stereocenters. The molecule has 0 unspecified atom stereocenters. The fourth-order valence-electron chi connectivity index (χ4n) is 2.51. The van der Waals surface area contributed by atoms with E-state index in [4.69, 9.17) is 10.1 Å². The minimum absolute atomic E-state index is 0.768. The van der Waals surface area contributed by atoms with Crippen molar-refractivity contribution in [1.29, 1.82) is 0 Å². The Bertz CT molecular complexity index is 777. The smallest absolute Gasteiger partial charge is 0.158 e. The van der Waals surface area contributed by atoms with Gasteiger partial charge in [-0.2, -0.15) is 5.10 Å². The van der Waals surface area contributed by atoms with Crippen LogP contribution in [0.4, 0.5) is 0 Å². The first-order chi connectivity index (χ1) is 10.3. The molecule has 4 heteroatoms. The maximum Gasteiger partial charge on any atom is 0.158 e. The van der Waals surface area contributed by atoms with E-state index in [-0.39, 0.29) is 0 Å². The summed E-state index contributed by atoms with van der Waals surface area (Å²) in [6.45, 7) is 4.28. The highest BCUT2D eigenvalue weighted by Crippen LogP contribution is 2.23. The number of pyridine rings is 1. The third-order valence-electron chi connectivity index (χ3n) is 3.68. The number of nitrogens with zero attached hydrogens (tertiary/aromatic N) is 3. The summed E-state index contributed by atoms with van der Waals surface area (Å²) in [5.74, 6) is 0.933. The van der Waals surface area contributed by atoms with Gasteiger partial charge in [0, 0.05) is 22.0 Å². The predicted octanol–water partition coefficient (Wildman–Crippen LogP) is 4.44. The third kappa shape index (κ3) is 2.60. The van der Waals surface area contributed by atoms with E-state index < -0.39 is 0 Å². The molecule has 0 amide bonds. The number of alkyl halides is 1. The van der Waals surface area contributed by atoms with Gasteiger partial charge in [0.05, 0.1) is 11.2 Å². The summed E-state index contributed by atoms with van der Waals surface area (Å²) in [6, 6.07) is 12.6. The van der Waals surface area contributed by atoms with Gasteiger partial charge in [0.1, 0.15) is 0 Å². The molecule has 1 aromatic carbocycles. The standard InChI is InChI=1S/C17H18BrN3/c1-3-14-10-15(4-2)21(20-14)17-13(11-18)9-12-7-5-6-8-16(12)19-17/h5-10H,3-4,11H2,1-2H3. The van der Waals surface area contributed by atoms with Crippen molar-refractivity contribution in [1.82, 2.24) is 14.8 Å². The van der Waals surface area contributed by atoms with Gasteiger partial charge >= 0.3 is 0 Å². The zero-order valence-electron chi connectivity index (χ0n) is 12.3. The van der Waals surface area contributed by atoms with Crippen molar-refractivity contribution < 1.29 is 0 Å². The van der Waals surface area contributed by atoms with Crippen molar-refractivity contribution >= 4 is 26.8 Å². The van der Waals surface area contributed by atoms with Crippen LogP contribution < -0.4 is 0 Å². The van der Waals surface area contributed by atoms with Crippen molar-refractivity contribution in [3.8, 4) is 5.82 Å². The lowest BCUT2D eigenvalue weighted by Gasteiger charge is -2.11. The van der Waals surface area contributed by atoms with Gasteiger partial charge in [0.15, 0.2) is 5.82 Å². The molecule has 3 aromatic rings. The summed E-state index contributed by atoms with van der Waals surface area (Å²) >= 11 is 3.58. The Morgan fingerprint density at radius 2 is 1.90 bits per heavy atom. The zero-order chi connectivity index (χ0) is 14.8. The molecule has 2 heterocycles. The minimum Gasteiger partial charge on any atom is -0.228 e. The van der Waals surface area contributed by atoms with E-state index in [1.54, 1.807) is 0 Å². The summed E-state index contributed by atoms with van der Waals surface area (Å²) in [5.41, 5.74) is 4.49. The second-order valence-electron chi connectivity index (χ2n) is 5.04. The molecule has 0 aliphatic rings. The van der Waals surface area contributed by atoms with E-state index in [1.807, 2.05) is 22.9 Å². The number of aromatic nitrogens is 3. The maximum absolute atomic E-state index is 4.84. The van der Waals surface area contributed by atoms with Crippen molar-refractivity contribution in [2.75, 3.05) is 0 Å². The minimum atomic E-state index is 0.768. The number of para-hydroxylation sites is 1. The van der Waals surface area contributed by atoms with Crippen molar-refractivity contribution in [3.05, 3.63) is 53.3 Å². The molecular weight excluding hydrogens is 326 g/mol. The SMILES string of the molecule is CCc1cc(CC)n(-c2nc3ccccc3cc2CBr)n1. The molecule has 2 aromatic heterocycles. The first-order valence-corrected chi connectivity index (χ1v) is 8.41. The van der Waals surface area contributed by atoms with Crippen LogP contribution >= 0.6 is 15.9 Å². The van der Waals surface area contributed by atoms with E-state index in [1.165, 1.54) is 5.69 Å². The van der Waals surface area contributed by atoms with Crippen molar-refractivity contribution in [3.63, 3.8) is 0 Å². The van der Waals surface area contributed by atoms with Crippen LogP contribution in [0.15, 0.2) is 36.4 Å². The molecule has 0 spiro atoms. The zero-order valence-corrected chi connectivity index (χ0v) is 13.9. The van der Waals surface area contributed by atoms with Crippen LogP contribution in [0.3, 0.4) is 0 Å². The van der Waals surface area contributed by atoms with Crippen LogP contribution in [0, 0.1) is 0 Å². The molecular formula is C17H18BrN3. The van der Waals surface area contributed by atoms with Crippen LogP contribution in [-0.2, 0) is 18.2 Å². The summed E-state index contributed by atoms with van der Waals surface area (Å²) in [7, 11) is 0. The molecule has 0 aliphatic carbocycles. The fourth-order valence-corrected chi connectivity index (χ4v) is 2.93. The third-order valence-corrected chi connectivity index (χ3v) is 4.29. The number of fused-ring (bicyclic) bond motifs is 1. The largest absolute Gasteiger partial charge is 0.228 e. The number of halogens is 1. The summed E-state index contributed by atoms with van der Waals surface area (Å²) < 4.78 is 2.00. The first kappa shape index (κ1) is 14.3. The quantitative estimate of drug-likeness (QED) is 0.655. The normalized spacial score (nSPS) is 11.2. The molecule has 0 saturated carbocycles. The first-order valence-electron chi connectivity index (χ1n) is 7.29. The molecule has 0 fully saturated rings. The topological polar surface area (TPSA) is 30.7 Å². The van der Waals surface area contributed by atoms with Gasteiger partial charge in [-0.15, -0.1) is 0 Å². The maximum atomic E-state index is 4.84. The Hall–Kier alpha value is -1.68. The number of rotatable bonds is 4. The lowest BCUT2D eigenvalue weighted by Crippen LogP contribution is -2.07. The molecule has 0 bridgehead atoms. The highest BCUT2D eigenvalue weighted by molar-refractivity contribution is 9.08. The highest BCUT2D eigenvalue weighted by Gasteiger charge is 2.13. The lowest BCUT2D eigenvalue weighted by molar-refractivity contribution is 0.770. The second kappa shape index (κ2) is 5.98. The molecule has 0 N–H and O–H groups in total. The molecule has 3 nitrogen and oxygen atoms in total. The summed E-state index contributed by atoms with van der Waals surface area (Å²) in [5, 5.41) is 6.65. The Kier molecular flexibility index (Phi) is 4.06. The molecule has 108 valence electrons. The van der Waals surface area contributed by atoms with E-state index in [9.17, 15) is 0 Å². The van der Waals surface area contributed by atoms with E-state index >= 15 is 0 Å². The molecule has 0 aliphatic heterocycles. The van der Waals surface area contributed by atoms with Crippen LogP contribution in [0.5, 0.6) is 0 Å². The van der Waals surface area contributed by atoms with Gasteiger partial charge in [-0.25, -0.2) is 9.67 Å². The van der Waals surface area contributed by atoms with Gasteiger partial charge in [-0.05, 0) is 31.0 Å².